The molecule has 5 heteroatoms. The minimum atomic E-state index is -1.03. The number of fused-ring (bicyclic) bond motifs is 1. The fourth-order valence-corrected chi connectivity index (χ4v) is 3.02. The molecule has 1 aliphatic carbocycles. The van der Waals surface area contributed by atoms with Crippen LogP contribution in [0.4, 0.5) is 0 Å². The molecule has 0 radical (unpaired) electrons. The number of likely N-dealkylation sites (tertiary alicyclic amines) is 1. The molecule has 1 saturated carbocycles. The van der Waals surface area contributed by atoms with Gasteiger partial charge in [-0.15, -0.1) is 0 Å². The van der Waals surface area contributed by atoms with Gasteiger partial charge in [0.1, 0.15) is 13.2 Å². The number of carboxylic acid groups (broad SMARTS) is 1. The van der Waals surface area contributed by atoms with Gasteiger partial charge in [-0.1, -0.05) is 12.8 Å². The Morgan fingerprint density at radius 1 is 1.18 bits per heavy atom. The minimum Gasteiger partial charge on any atom is -0.480 e. The standard InChI is InChI=1S/C12H19NO4/c14-11(7-17-8-12(15)16)13-6-5-9-3-1-2-4-10(9)13/h9-10H,1-8H2,(H,15,16). The van der Waals surface area contributed by atoms with Gasteiger partial charge in [0.15, 0.2) is 0 Å². The summed E-state index contributed by atoms with van der Waals surface area (Å²) in [7, 11) is 0. The number of ether oxygens (including phenoxy) is 1. The van der Waals surface area contributed by atoms with E-state index in [0.29, 0.717) is 12.0 Å². The zero-order valence-corrected chi connectivity index (χ0v) is 9.93. The SMILES string of the molecule is O=C(O)COCC(=O)N1CCC2CCCCC21. The van der Waals surface area contributed by atoms with Crippen molar-refractivity contribution in [3.8, 4) is 0 Å². The summed E-state index contributed by atoms with van der Waals surface area (Å²) >= 11 is 0. The number of carbonyl (C=O) groups excluding carboxylic acids is 1. The van der Waals surface area contributed by atoms with E-state index in [9.17, 15) is 9.59 Å². The number of hydrogen-bond donors (Lipinski definition) is 1. The van der Waals surface area contributed by atoms with Gasteiger partial charge in [-0.3, -0.25) is 4.79 Å². The molecule has 0 bridgehead atoms. The lowest BCUT2D eigenvalue weighted by molar-refractivity contribution is -0.146. The highest BCUT2D eigenvalue weighted by Crippen LogP contribution is 2.35. The van der Waals surface area contributed by atoms with E-state index in [1.165, 1.54) is 19.3 Å². The smallest absolute Gasteiger partial charge is 0.329 e. The van der Waals surface area contributed by atoms with Crippen LogP contribution in [-0.2, 0) is 14.3 Å². The first-order valence-corrected chi connectivity index (χ1v) is 6.27. The third-order valence-electron chi connectivity index (χ3n) is 3.78. The normalized spacial score (nSPS) is 27.9. The average Bonchev–Trinajstić information content (AvgIpc) is 2.72. The molecule has 0 aromatic carbocycles. The molecule has 2 fully saturated rings. The van der Waals surface area contributed by atoms with Gasteiger partial charge < -0.3 is 14.7 Å². The van der Waals surface area contributed by atoms with Crippen molar-refractivity contribution in [2.24, 2.45) is 5.92 Å². The fourth-order valence-electron chi connectivity index (χ4n) is 3.02. The first kappa shape index (κ1) is 12.4. The molecule has 1 saturated heterocycles. The molecular weight excluding hydrogens is 222 g/mol. The summed E-state index contributed by atoms with van der Waals surface area (Å²) in [5.74, 6) is -0.428. The average molecular weight is 241 g/mol. The zero-order chi connectivity index (χ0) is 12.3. The molecule has 96 valence electrons. The number of hydrogen-bond acceptors (Lipinski definition) is 3. The summed E-state index contributed by atoms with van der Waals surface area (Å²) < 4.78 is 4.86. The third-order valence-corrected chi connectivity index (χ3v) is 3.78. The first-order chi connectivity index (χ1) is 8.18. The molecule has 1 aliphatic heterocycles. The highest BCUT2D eigenvalue weighted by molar-refractivity contribution is 5.78. The van der Waals surface area contributed by atoms with E-state index in [0.717, 1.165) is 19.4 Å². The van der Waals surface area contributed by atoms with Crippen LogP contribution in [0, 0.1) is 5.92 Å². The van der Waals surface area contributed by atoms with E-state index >= 15 is 0 Å². The van der Waals surface area contributed by atoms with Gasteiger partial charge in [0.25, 0.3) is 0 Å². The van der Waals surface area contributed by atoms with E-state index in [1.807, 2.05) is 4.90 Å². The Balaban J connectivity index is 1.81. The van der Waals surface area contributed by atoms with Crippen LogP contribution in [-0.4, -0.2) is 47.7 Å². The van der Waals surface area contributed by atoms with E-state index in [-0.39, 0.29) is 12.5 Å². The second kappa shape index (κ2) is 5.49. The zero-order valence-electron chi connectivity index (χ0n) is 9.93. The fraction of sp³-hybridized carbons (Fsp3) is 0.833. The van der Waals surface area contributed by atoms with E-state index in [1.54, 1.807) is 0 Å². The van der Waals surface area contributed by atoms with Crippen LogP contribution in [0.5, 0.6) is 0 Å². The Hall–Kier alpha value is -1.10. The van der Waals surface area contributed by atoms with Crippen LogP contribution < -0.4 is 0 Å². The maximum Gasteiger partial charge on any atom is 0.329 e. The quantitative estimate of drug-likeness (QED) is 0.793. The number of nitrogens with zero attached hydrogens (tertiary/aromatic N) is 1. The van der Waals surface area contributed by atoms with Crippen LogP contribution in [0.3, 0.4) is 0 Å². The third kappa shape index (κ3) is 2.97. The molecule has 2 aliphatic rings. The molecule has 2 rings (SSSR count). The Morgan fingerprint density at radius 3 is 2.71 bits per heavy atom. The molecule has 1 heterocycles. The van der Waals surface area contributed by atoms with Gasteiger partial charge >= 0.3 is 5.97 Å². The Labute approximate surface area is 101 Å². The largest absolute Gasteiger partial charge is 0.480 e. The monoisotopic (exact) mass is 241 g/mol. The van der Waals surface area contributed by atoms with Crippen LogP contribution in [0.1, 0.15) is 32.1 Å². The Bertz CT molecular complexity index is 305. The highest BCUT2D eigenvalue weighted by atomic mass is 16.5. The summed E-state index contributed by atoms with van der Waals surface area (Å²) in [4.78, 5) is 24.1. The first-order valence-electron chi connectivity index (χ1n) is 6.27. The second-order valence-electron chi connectivity index (χ2n) is 4.87. The molecule has 0 aromatic rings. The summed E-state index contributed by atoms with van der Waals surface area (Å²) in [6.07, 6.45) is 5.88. The molecule has 0 aromatic heterocycles. The van der Waals surface area contributed by atoms with Crippen molar-refractivity contribution in [2.45, 2.75) is 38.1 Å². The van der Waals surface area contributed by atoms with Crippen LogP contribution >= 0.6 is 0 Å². The number of aliphatic carboxylic acids is 1. The topological polar surface area (TPSA) is 66.8 Å². The van der Waals surface area contributed by atoms with Gasteiger partial charge in [-0.25, -0.2) is 4.79 Å². The molecule has 1 N–H and O–H groups in total. The van der Waals surface area contributed by atoms with E-state index < -0.39 is 12.6 Å². The summed E-state index contributed by atoms with van der Waals surface area (Å²) in [5, 5.41) is 8.43. The van der Waals surface area contributed by atoms with E-state index in [4.69, 9.17) is 9.84 Å². The second-order valence-corrected chi connectivity index (χ2v) is 4.87. The maximum absolute atomic E-state index is 11.9. The number of carboxylic acids is 1. The van der Waals surface area contributed by atoms with Gasteiger partial charge in [0.2, 0.25) is 5.91 Å². The molecule has 0 spiro atoms. The van der Waals surface area contributed by atoms with Crippen LogP contribution in [0.2, 0.25) is 0 Å². The number of rotatable bonds is 4. The van der Waals surface area contributed by atoms with Crippen molar-refractivity contribution in [3.63, 3.8) is 0 Å². The predicted molar refractivity (Wildman–Crippen MR) is 60.5 cm³/mol. The molecule has 1 amide bonds. The van der Waals surface area contributed by atoms with Gasteiger partial charge in [-0.2, -0.15) is 0 Å². The minimum absolute atomic E-state index is 0.0550. The lowest BCUT2D eigenvalue weighted by atomic mass is 9.85. The van der Waals surface area contributed by atoms with Crippen molar-refractivity contribution >= 4 is 11.9 Å². The van der Waals surface area contributed by atoms with Crippen molar-refractivity contribution in [1.82, 2.24) is 4.90 Å². The molecule has 5 nitrogen and oxygen atoms in total. The van der Waals surface area contributed by atoms with Crippen molar-refractivity contribution in [2.75, 3.05) is 19.8 Å². The van der Waals surface area contributed by atoms with Gasteiger partial charge in [0.05, 0.1) is 0 Å². The summed E-state index contributed by atoms with van der Waals surface area (Å²) in [6.45, 7) is 0.313. The maximum atomic E-state index is 11.9. The molecular formula is C12H19NO4. The van der Waals surface area contributed by atoms with Gasteiger partial charge in [0, 0.05) is 12.6 Å². The number of amides is 1. The van der Waals surface area contributed by atoms with Crippen LogP contribution in [0.25, 0.3) is 0 Å². The van der Waals surface area contributed by atoms with Crippen molar-refractivity contribution in [1.29, 1.82) is 0 Å². The molecule has 17 heavy (non-hydrogen) atoms. The van der Waals surface area contributed by atoms with Crippen molar-refractivity contribution < 1.29 is 19.4 Å². The highest BCUT2D eigenvalue weighted by Gasteiger charge is 2.37. The van der Waals surface area contributed by atoms with E-state index in [2.05, 4.69) is 0 Å². The van der Waals surface area contributed by atoms with Gasteiger partial charge in [-0.05, 0) is 25.2 Å². The molecule has 2 atom stereocenters. The summed E-state index contributed by atoms with van der Waals surface area (Å²) in [6, 6.07) is 0.379. The lowest BCUT2D eigenvalue weighted by Gasteiger charge is -2.31. The number of carbonyl (C=O) groups is 2. The van der Waals surface area contributed by atoms with Crippen LogP contribution in [0.15, 0.2) is 0 Å². The van der Waals surface area contributed by atoms with Crippen molar-refractivity contribution in [3.05, 3.63) is 0 Å². The Kier molecular flexibility index (Phi) is 3.99. The lowest BCUT2D eigenvalue weighted by Crippen LogP contribution is -2.41. The predicted octanol–water partition coefficient (Wildman–Crippen LogP) is 0.879. The summed E-state index contributed by atoms with van der Waals surface area (Å²) in [5.41, 5.74) is 0. The Morgan fingerprint density at radius 2 is 1.94 bits per heavy atom. The molecule has 2 unspecified atom stereocenters.